The number of carbonyl (C=O) groups excluding carboxylic acids is 1. The molecule has 1 aromatic carbocycles. The highest BCUT2D eigenvalue weighted by atomic mass is 32.1. The summed E-state index contributed by atoms with van der Waals surface area (Å²) in [6.45, 7) is 8.01. The van der Waals surface area contributed by atoms with Crippen molar-refractivity contribution in [1.29, 1.82) is 0 Å². The summed E-state index contributed by atoms with van der Waals surface area (Å²) in [5.74, 6) is 1.11. The van der Waals surface area contributed by atoms with E-state index in [9.17, 15) is 4.79 Å². The van der Waals surface area contributed by atoms with Gasteiger partial charge < -0.3 is 14.6 Å². The molecule has 0 saturated heterocycles. The maximum absolute atomic E-state index is 11.9. The minimum Gasteiger partial charge on any atom is -0.462 e. The highest BCUT2D eigenvalue weighted by Gasteiger charge is 2.04. The quantitative estimate of drug-likeness (QED) is 0.605. The average molecular weight is 357 g/mol. The zero-order chi connectivity index (χ0) is 18.2. The molecule has 1 aromatic heterocycles. The predicted octanol–water partition coefficient (Wildman–Crippen LogP) is 3.96. The van der Waals surface area contributed by atoms with Crippen molar-refractivity contribution in [2.24, 2.45) is 0 Å². The Bertz CT molecular complexity index is 746. The molecule has 0 radical (unpaired) electrons. The van der Waals surface area contributed by atoms with Gasteiger partial charge >= 0.3 is 0 Å². The summed E-state index contributed by atoms with van der Waals surface area (Å²) in [6, 6.07) is 11.6. The van der Waals surface area contributed by atoms with Crippen LogP contribution >= 0.6 is 12.2 Å². The van der Waals surface area contributed by atoms with Crippen molar-refractivity contribution in [3.05, 3.63) is 54.0 Å². The van der Waals surface area contributed by atoms with Gasteiger partial charge in [-0.2, -0.15) is 0 Å². The van der Waals surface area contributed by atoms with Gasteiger partial charge in [0.2, 0.25) is 5.91 Å². The summed E-state index contributed by atoms with van der Waals surface area (Å²) in [5.41, 5.74) is 1.98. The summed E-state index contributed by atoms with van der Waals surface area (Å²) < 4.78 is 5.36. The van der Waals surface area contributed by atoms with Crippen LogP contribution < -0.4 is 15.5 Å². The van der Waals surface area contributed by atoms with Crippen LogP contribution in [0.3, 0.4) is 0 Å². The highest BCUT2D eigenvalue weighted by Crippen LogP contribution is 2.17. The smallest absolute Gasteiger partial charge is 0.250 e. The van der Waals surface area contributed by atoms with Crippen molar-refractivity contribution in [3.8, 4) is 0 Å². The number of furan rings is 1. The molecule has 1 amide bonds. The molecule has 2 N–H and O–H groups in total. The van der Waals surface area contributed by atoms with E-state index >= 15 is 0 Å². The first-order valence-corrected chi connectivity index (χ1v) is 8.64. The first-order chi connectivity index (χ1) is 12.0. The van der Waals surface area contributed by atoms with Gasteiger partial charge in [-0.25, -0.2) is 0 Å². The zero-order valence-corrected chi connectivity index (χ0v) is 15.5. The second-order valence-corrected chi connectivity index (χ2v) is 5.85. The summed E-state index contributed by atoms with van der Waals surface area (Å²) >= 11 is 5.17. The lowest BCUT2D eigenvalue weighted by Crippen LogP contribution is -2.32. The molecule has 0 bridgehead atoms. The summed E-state index contributed by atoms with van der Waals surface area (Å²) in [4.78, 5) is 14.1. The third-order valence-electron chi connectivity index (χ3n) is 3.65. The Kier molecular flexibility index (Phi) is 6.77. The van der Waals surface area contributed by atoms with Gasteiger partial charge in [-0.3, -0.25) is 10.1 Å². The molecule has 0 saturated carbocycles. The number of nitrogens with one attached hydrogen (secondary N) is 2. The topological polar surface area (TPSA) is 57.5 Å². The molecule has 0 fully saturated rings. The molecule has 0 unspecified atom stereocenters. The lowest BCUT2D eigenvalue weighted by atomic mass is 10.2. The molecule has 2 rings (SSSR count). The molecule has 0 aliphatic rings. The number of anilines is 2. The average Bonchev–Trinajstić information content (AvgIpc) is 3.01. The van der Waals surface area contributed by atoms with Crippen molar-refractivity contribution in [1.82, 2.24) is 5.32 Å². The number of nitrogens with zero attached hydrogens (tertiary/aromatic N) is 1. The predicted molar refractivity (Wildman–Crippen MR) is 107 cm³/mol. The summed E-state index contributed by atoms with van der Waals surface area (Å²) in [7, 11) is 0. The van der Waals surface area contributed by atoms with Gasteiger partial charge in [-0.05, 0) is 75.5 Å². The number of thiocarbonyl (C=S) groups is 1. The summed E-state index contributed by atoms with van der Waals surface area (Å²) in [6.07, 6.45) is 2.99. The molecule has 2 aromatic rings. The fourth-order valence-corrected chi connectivity index (χ4v) is 2.58. The van der Waals surface area contributed by atoms with Gasteiger partial charge in [0.05, 0.1) is 0 Å². The second kappa shape index (κ2) is 9.03. The molecule has 1 heterocycles. The van der Waals surface area contributed by atoms with E-state index in [-0.39, 0.29) is 11.0 Å². The second-order valence-electron chi connectivity index (χ2n) is 5.44. The molecule has 6 heteroatoms. The van der Waals surface area contributed by atoms with E-state index in [1.165, 1.54) is 6.08 Å². The molecular weight excluding hydrogens is 334 g/mol. The van der Waals surface area contributed by atoms with Gasteiger partial charge in [-0.1, -0.05) is 0 Å². The van der Waals surface area contributed by atoms with Crippen LogP contribution in [0.5, 0.6) is 0 Å². The molecule has 132 valence electrons. The molecule has 0 spiro atoms. The highest BCUT2D eigenvalue weighted by molar-refractivity contribution is 7.80. The Balaban J connectivity index is 1.87. The van der Waals surface area contributed by atoms with E-state index < -0.39 is 0 Å². The van der Waals surface area contributed by atoms with E-state index in [0.29, 0.717) is 5.76 Å². The number of benzene rings is 1. The SMILES string of the molecule is CCN(CC)c1ccc(NC(=S)NC(=O)/C=C/c2ccc(C)o2)cc1. The number of hydrogen-bond acceptors (Lipinski definition) is 4. The maximum Gasteiger partial charge on any atom is 0.250 e. The Hall–Kier alpha value is -2.60. The van der Waals surface area contributed by atoms with Crippen LogP contribution in [0.1, 0.15) is 25.4 Å². The van der Waals surface area contributed by atoms with Crippen molar-refractivity contribution in [2.75, 3.05) is 23.3 Å². The van der Waals surface area contributed by atoms with Crippen molar-refractivity contribution >= 4 is 40.7 Å². The molecule has 5 nitrogen and oxygen atoms in total. The van der Waals surface area contributed by atoms with E-state index in [4.69, 9.17) is 16.6 Å². The molecule has 0 aliphatic carbocycles. The Morgan fingerprint density at radius 2 is 1.84 bits per heavy atom. The van der Waals surface area contributed by atoms with Gasteiger partial charge in [0.15, 0.2) is 5.11 Å². The maximum atomic E-state index is 11.9. The van der Waals surface area contributed by atoms with Crippen LogP contribution in [0.2, 0.25) is 0 Å². The number of amides is 1. The largest absolute Gasteiger partial charge is 0.462 e. The van der Waals surface area contributed by atoms with Gasteiger partial charge in [0, 0.05) is 30.5 Å². The minimum absolute atomic E-state index is 0.251. The van der Waals surface area contributed by atoms with Crippen molar-refractivity contribution < 1.29 is 9.21 Å². The molecule has 25 heavy (non-hydrogen) atoms. The number of rotatable bonds is 6. The van der Waals surface area contributed by atoms with Crippen LogP contribution in [-0.4, -0.2) is 24.1 Å². The Morgan fingerprint density at radius 1 is 1.16 bits per heavy atom. The number of carbonyl (C=O) groups is 1. The van der Waals surface area contributed by atoms with Crippen LogP contribution in [0.15, 0.2) is 46.9 Å². The van der Waals surface area contributed by atoms with Crippen molar-refractivity contribution in [3.63, 3.8) is 0 Å². The third kappa shape index (κ3) is 5.76. The lowest BCUT2D eigenvalue weighted by Gasteiger charge is -2.21. The first-order valence-electron chi connectivity index (χ1n) is 8.23. The monoisotopic (exact) mass is 357 g/mol. The van der Waals surface area contributed by atoms with Gasteiger partial charge in [0.25, 0.3) is 0 Å². The molecular formula is C19H23N3O2S. The van der Waals surface area contributed by atoms with Crippen LogP contribution in [0, 0.1) is 6.92 Å². The molecule has 0 aliphatic heterocycles. The number of aryl methyl sites for hydroxylation is 1. The van der Waals surface area contributed by atoms with E-state index in [2.05, 4.69) is 29.4 Å². The third-order valence-corrected chi connectivity index (χ3v) is 3.85. The van der Waals surface area contributed by atoms with E-state index in [1.54, 1.807) is 12.1 Å². The first kappa shape index (κ1) is 18.7. The minimum atomic E-state index is -0.314. The fraction of sp³-hybridized carbons (Fsp3) is 0.263. The van der Waals surface area contributed by atoms with Crippen LogP contribution in [0.25, 0.3) is 6.08 Å². The van der Waals surface area contributed by atoms with Gasteiger partial charge in [0.1, 0.15) is 11.5 Å². The van der Waals surface area contributed by atoms with Crippen LogP contribution in [0.4, 0.5) is 11.4 Å². The number of hydrogen-bond donors (Lipinski definition) is 2. The lowest BCUT2D eigenvalue weighted by molar-refractivity contribution is -0.115. The Labute approximate surface area is 153 Å². The van der Waals surface area contributed by atoms with Crippen molar-refractivity contribution in [2.45, 2.75) is 20.8 Å². The normalized spacial score (nSPS) is 10.7. The van der Waals surface area contributed by atoms with E-state index in [0.717, 1.165) is 30.2 Å². The summed E-state index contributed by atoms with van der Waals surface area (Å²) in [5, 5.41) is 5.86. The van der Waals surface area contributed by atoms with Gasteiger partial charge in [-0.15, -0.1) is 0 Å². The molecule has 0 atom stereocenters. The Morgan fingerprint density at radius 3 is 2.40 bits per heavy atom. The zero-order valence-electron chi connectivity index (χ0n) is 14.7. The standard InChI is InChI=1S/C19H23N3O2S/c1-4-22(5-2)16-9-7-15(8-10-16)20-19(25)21-18(23)13-12-17-11-6-14(3)24-17/h6-13H,4-5H2,1-3H3,(H2,20,21,23,25)/b13-12+. The van der Waals surface area contributed by atoms with Crippen LogP contribution in [-0.2, 0) is 4.79 Å². The van der Waals surface area contributed by atoms with E-state index in [1.807, 2.05) is 37.3 Å². The fourth-order valence-electron chi connectivity index (χ4n) is 2.36.